The Hall–Kier alpha value is -1.75. The summed E-state index contributed by atoms with van der Waals surface area (Å²) >= 11 is 0. The zero-order valence-electron chi connectivity index (χ0n) is 12.6. The maximum atomic E-state index is 12.0. The molecule has 0 radical (unpaired) electrons. The number of amides is 2. The number of nitrogens with two attached hydrogens (primary N) is 2. The molecule has 1 aliphatic rings. The first-order valence-electron chi connectivity index (χ1n) is 7.48. The molecule has 5 nitrogen and oxygen atoms in total. The lowest BCUT2D eigenvalue weighted by atomic mass is 9.85. The van der Waals surface area contributed by atoms with Crippen molar-refractivity contribution in [1.29, 1.82) is 0 Å². The van der Waals surface area contributed by atoms with Gasteiger partial charge in [-0.2, -0.15) is 0 Å². The number of carbonyl (C=O) groups excluding carboxylic acids is 2. The second-order valence-electron chi connectivity index (χ2n) is 5.73. The molecule has 2 unspecified atom stereocenters. The van der Waals surface area contributed by atoms with E-state index < -0.39 is 0 Å². The summed E-state index contributed by atoms with van der Waals surface area (Å²) < 4.78 is 0. The Morgan fingerprint density at radius 3 is 2.64 bits per heavy atom. The third-order valence-corrected chi connectivity index (χ3v) is 4.12. The van der Waals surface area contributed by atoms with Gasteiger partial charge in [-0.25, -0.2) is 0 Å². The number of nitrogen functional groups attached to an aromatic ring is 1. The number of rotatable bonds is 5. The number of carbonyl (C=O) groups is 2. The molecule has 1 aromatic carbocycles. The van der Waals surface area contributed by atoms with Crippen molar-refractivity contribution in [1.82, 2.24) is 5.32 Å². The van der Waals surface area contributed by atoms with Gasteiger partial charge in [-0.3, -0.25) is 9.59 Å². The Bertz CT molecular complexity index is 522. The third-order valence-electron chi connectivity index (χ3n) is 4.12. The summed E-state index contributed by atoms with van der Waals surface area (Å²) in [7, 11) is 0. The van der Waals surface area contributed by atoms with Gasteiger partial charge in [0.05, 0.1) is 0 Å². The summed E-state index contributed by atoms with van der Waals surface area (Å²) in [6.45, 7) is 0. The molecule has 1 saturated carbocycles. The Labute approximate surface area is 137 Å². The van der Waals surface area contributed by atoms with Crippen LogP contribution in [0.2, 0.25) is 0 Å². The fourth-order valence-electron chi connectivity index (χ4n) is 2.89. The van der Waals surface area contributed by atoms with Gasteiger partial charge in [0.1, 0.15) is 0 Å². The minimum absolute atomic E-state index is 0. The molecular weight excluding hydrogens is 302 g/mol. The highest BCUT2D eigenvalue weighted by Gasteiger charge is 2.26. The van der Waals surface area contributed by atoms with Crippen molar-refractivity contribution in [2.45, 2.75) is 44.6 Å². The molecule has 1 aromatic rings. The Kier molecular flexibility index (Phi) is 7.18. The number of hydrogen-bond acceptors (Lipinski definition) is 3. The Morgan fingerprint density at radius 1 is 1.23 bits per heavy atom. The van der Waals surface area contributed by atoms with Crippen LogP contribution in [0.15, 0.2) is 24.3 Å². The summed E-state index contributed by atoms with van der Waals surface area (Å²) in [5.41, 5.74) is 12.9. The molecule has 2 atom stereocenters. The van der Waals surface area contributed by atoms with Gasteiger partial charge in [0, 0.05) is 24.1 Å². The van der Waals surface area contributed by atoms with E-state index in [0.29, 0.717) is 19.3 Å². The minimum atomic E-state index is -0.258. The number of halogens is 1. The maximum Gasteiger partial charge on any atom is 0.220 e. The van der Waals surface area contributed by atoms with Crippen LogP contribution in [0.3, 0.4) is 0 Å². The van der Waals surface area contributed by atoms with Crippen LogP contribution in [0, 0.1) is 5.92 Å². The maximum absolute atomic E-state index is 12.0. The fraction of sp³-hybridized carbons (Fsp3) is 0.500. The highest BCUT2D eigenvalue weighted by molar-refractivity contribution is 5.85. The van der Waals surface area contributed by atoms with Crippen molar-refractivity contribution >= 4 is 29.9 Å². The van der Waals surface area contributed by atoms with Crippen LogP contribution in [0.25, 0.3) is 0 Å². The summed E-state index contributed by atoms with van der Waals surface area (Å²) in [6, 6.07) is 7.64. The number of primary amides is 1. The molecule has 1 aliphatic carbocycles. The second-order valence-corrected chi connectivity index (χ2v) is 5.73. The van der Waals surface area contributed by atoms with Crippen LogP contribution in [0.1, 0.15) is 37.7 Å². The molecule has 0 heterocycles. The Morgan fingerprint density at radius 2 is 1.95 bits per heavy atom. The van der Waals surface area contributed by atoms with E-state index >= 15 is 0 Å². The van der Waals surface area contributed by atoms with Crippen molar-refractivity contribution in [2.24, 2.45) is 11.7 Å². The predicted octanol–water partition coefficient (Wildman–Crippen LogP) is 1.78. The lowest BCUT2D eigenvalue weighted by Gasteiger charge is -2.27. The first-order chi connectivity index (χ1) is 10.1. The minimum Gasteiger partial charge on any atom is -0.399 e. The zero-order chi connectivity index (χ0) is 15.2. The van der Waals surface area contributed by atoms with Crippen molar-refractivity contribution in [3.8, 4) is 0 Å². The molecule has 6 heteroatoms. The molecule has 2 rings (SSSR count). The van der Waals surface area contributed by atoms with E-state index in [-0.39, 0.29) is 36.2 Å². The van der Waals surface area contributed by atoms with Crippen molar-refractivity contribution in [3.05, 3.63) is 29.8 Å². The van der Waals surface area contributed by atoms with Crippen LogP contribution < -0.4 is 16.8 Å². The van der Waals surface area contributed by atoms with E-state index in [0.717, 1.165) is 30.5 Å². The van der Waals surface area contributed by atoms with Crippen LogP contribution >= 0.6 is 12.4 Å². The highest BCUT2D eigenvalue weighted by atomic mass is 35.5. The van der Waals surface area contributed by atoms with Gasteiger partial charge in [0.15, 0.2) is 0 Å². The molecule has 1 fully saturated rings. The smallest absolute Gasteiger partial charge is 0.220 e. The number of para-hydroxylation sites is 1. The number of nitrogens with one attached hydrogen (secondary N) is 1. The van der Waals surface area contributed by atoms with Gasteiger partial charge >= 0.3 is 0 Å². The van der Waals surface area contributed by atoms with Crippen LogP contribution in [-0.4, -0.2) is 17.9 Å². The number of aryl methyl sites for hydroxylation is 1. The molecule has 2 amide bonds. The highest BCUT2D eigenvalue weighted by Crippen LogP contribution is 2.24. The van der Waals surface area contributed by atoms with Crippen molar-refractivity contribution < 1.29 is 9.59 Å². The summed E-state index contributed by atoms with van der Waals surface area (Å²) in [4.78, 5) is 23.2. The van der Waals surface area contributed by atoms with Gasteiger partial charge < -0.3 is 16.8 Å². The first-order valence-corrected chi connectivity index (χ1v) is 7.48. The first kappa shape index (κ1) is 18.3. The van der Waals surface area contributed by atoms with Gasteiger partial charge in [0.25, 0.3) is 0 Å². The van der Waals surface area contributed by atoms with E-state index in [2.05, 4.69) is 5.32 Å². The van der Waals surface area contributed by atoms with Crippen LogP contribution in [0.5, 0.6) is 0 Å². The lowest BCUT2D eigenvalue weighted by Crippen LogP contribution is -2.41. The number of benzene rings is 1. The molecule has 0 aromatic heterocycles. The molecule has 0 saturated heterocycles. The number of anilines is 1. The SMILES string of the molecule is Cl.NC(=O)C1CCCC(NC(=O)CCc2ccccc2N)C1. The van der Waals surface area contributed by atoms with E-state index in [9.17, 15) is 9.59 Å². The monoisotopic (exact) mass is 325 g/mol. The molecular formula is C16H24ClN3O2. The molecule has 0 bridgehead atoms. The predicted molar refractivity (Wildman–Crippen MR) is 89.5 cm³/mol. The average Bonchev–Trinajstić information content (AvgIpc) is 2.46. The number of hydrogen-bond donors (Lipinski definition) is 3. The second kappa shape index (κ2) is 8.63. The van der Waals surface area contributed by atoms with Crippen molar-refractivity contribution in [2.75, 3.05) is 5.73 Å². The third kappa shape index (κ3) is 5.22. The van der Waals surface area contributed by atoms with Gasteiger partial charge in [-0.05, 0) is 37.3 Å². The summed E-state index contributed by atoms with van der Waals surface area (Å²) in [5.74, 6) is -0.354. The van der Waals surface area contributed by atoms with Crippen LogP contribution in [-0.2, 0) is 16.0 Å². The fourth-order valence-corrected chi connectivity index (χ4v) is 2.89. The standard InChI is InChI=1S/C16H23N3O2.ClH/c17-14-7-2-1-4-11(14)8-9-15(20)19-13-6-3-5-12(10-13)16(18)21;/h1-2,4,7,12-13H,3,5-6,8-10,17H2,(H2,18,21)(H,19,20);1H. The van der Waals surface area contributed by atoms with E-state index in [1.807, 2.05) is 24.3 Å². The topological polar surface area (TPSA) is 98.2 Å². The Balaban J connectivity index is 0.00000242. The molecule has 5 N–H and O–H groups in total. The van der Waals surface area contributed by atoms with Crippen LogP contribution in [0.4, 0.5) is 5.69 Å². The van der Waals surface area contributed by atoms with E-state index in [1.165, 1.54) is 0 Å². The van der Waals surface area contributed by atoms with E-state index in [4.69, 9.17) is 11.5 Å². The van der Waals surface area contributed by atoms with Crippen molar-refractivity contribution in [3.63, 3.8) is 0 Å². The molecule has 0 aliphatic heterocycles. The molecule has 0 spiro atoms. The zero-order valence-corrected chi connectivity index (χ0v) is 13.4. The van der Waals surface area contributed by atoms with Gasteiger partial charge in [0.2, 0.25) is 11.8 Å². The average molecular weight is 326 g/mol. The van der Waals surface area contributed by atoms with Gasteiger partial charge in [-0.1, -0.05) is 24.6 Å². The summed E-state index contributed by atoms with van der Waals surface area (Å²) in [6.07, 6.45) is 4.39. The lowest BCUT2D eigenvalue weighted by molar-refractivity contribution is -0.125. The van der Waals surface area contributed by atoms with Gasteiger partial charge in [-0.15, -0.1) is 12.4 Å². The van der Waals surface area contributed by atoms with E-state index in [1.54, 1.807) is 0 Å². The summed E-state index contributed by atoms with van der Waals surface area (Å²) in [5, 5.41) is 3.01. The normalized spacial score (nSPS) is 20.7. The quantitative estimate of drug-likeness (QED) is 0.720. The largest absolute Gasteiger partial charge is 0.399 e. The molecule has 22 heavy (non-hydrogen) atoms. The molecule has 122 valence electrons.